The lowest BCUT2D eigenvalue weighted by Crippen LogP contribution is -2.23. The average molecular weight is 275 g/mol. The lowest BCUT2D eigenvalue weighted by atomic mass is 10.0. The normalized spacial score (nSPS) is 16.7. The largest absolute Gasteiger partial charge is 0.312 e. The van der Waals surface area contributed by atoms with E-state index >= 15 is 0 Å². The maximum absolute atomic E-state index is 4.19. The Kier molecular flexibility index (Phi) is 3.71. The zero-order valence-electron chi connectivity index (χ0n) is 11.4. The molecule has 0 aliphatic heterocycles. The van der Waals surface area contributed by atoms with Gasteiger partial charge in [-0.1, -0.05) is 19.4 Å². The topological polar surface area (TPSA) is 40.7 Å². The molecule has 3 nitrogen and oxygen atoms in total. The number of aromatic amines is 1. The predicted molar refractivity (Wildman–Crippen MR) is 80.2 cm³/mol. The van der Waals surface area contributed by atoms with E-state index in [1.807, 2.05) is 6.20 Å². The number of rotatable bonds is 7. The van der Waals surface area contributed by atoms with Crippen molar-refractivity contribution >= 4 is 11.3 Å². The van der Waals surface area contributed by atoms with Crippen LogP contribution >= 0.6 is 11.3 Å². The molecule has 1 aliphatic rings. The quantitative estimate of drug-likeness (QED) is 0.806. The van der Waals surface area contributed by atoms with Crippen LogP contribution in [-0.2, 0) is 6.54 Å². The van der Waals surface area contributed by atoms with Crippen molar-refractivity contribution in [2.24, 2.45) is 5.41 Å². The van der Waals surface area contributed by atoms with Gasteiger partial charge >= 0.3 is 0 Å². The summed E-state index contributed by atoms with van der Waals surface area (Å²) in [6.07, 6.45) is 7.41. The zero-order valence-corrected chi connectivity index (χ0v) is 12.2. The average Bonchev–Trinajstić information content (AvgIpc) is 2.85. The maximum Gasteiger partial charge on any atom is 0.0794 e. The summed E-state index contributed by atoms with van der Waals surface area (Å²) in [4.78, 5) is 1.27. The molecule has 1 fully saturated rings. The van der Waals surface area contributed by atoms with E-state index in [9.17, 15) is 0 Å². The van der Waals surface area contributed by atoms with Crippen molar-refractivity contribution in [1.29, 1.82) is 0 Å². The zero-order chi connectivity index (χ0) is 13.1. The summed E-state index contributed by atoms with van der Waals surface area (Å²) < 4.78 is 0. The van der Waals surface area contributed by atoms with Crippen molar-refractivity contribution in [3.63, 3.8) is 0 Å². The van der Waals surface area contributed by atoms with Gasteiger partial charge in [0.25, 0.3) is 0 Å². The fourth-order valence-corrected chi connectivity index (χ4v) is 3.52. The molecule has 2 aromatic heterocycles. The molecule has 4 heteroatoms. The Morgan fingerprint density at radius 1 is 1.47 bits per heavy atom. The molecule has 3 rings (SSSR count). The van der Waals surface area contributed by atoms with Crippen LogP contribution in [0.1, 0.15) is 38.2 Å². The van der Waals surface area contributed by atoms with Gasteiger partial charge in [0.15, 0.2) is 0 Å². The highest BCUT2D eigenvalue weighted by Crippen LogP contribution is 2.48. The van der Waals surface area contributed by atoms with Crippen LogP contribution in [0.4, 0.5) is 0 Å². The van der Waals surface area contributed by atoms with Crippen LogP contribution in [0.5, 0.6) is 0 Å². The highest BCUT2D eigenvalue weighted by atomic mass is 32.1. The number of hydrogen-bond donors (Lipinski definition) is 2. The van der Waals surface area contributed by atoms with Crippen LogP contribution in [0.2, 0.25) is 0 Å². The Bertz CT molecular complexity index is 511. The Balaban J connectivity index is 1.58. The van der Waals surface area contributed by atoms with Gasteiger partial charge in [-0.3, -0.25) is 5.10 Å². The van der Waals surface area contributed by atoms with Crippen LogP contribution in [0.25, 0.3) is 10.6 Å². The predicted octanol–water partition coefficient (Wildman–Crippen LogP) is 3.81. The van der Waals surface area contributed by atoms with Crippen molar-refractivity contribution in [2.45, 2.75) is 39.2 Å². The van der Waals surface area contributed by atoms with Gasteiger partial charge in [-0.15, -0.1) is 11.3 Å². The van der Waals surface area contributed by atoms with Crippen molar-refractivity contribution in [1.82, 2.24) is 15.5 Å². The number of H-pyrrole nitrogens is 1. The Hall–Kier alpha value is -1.13. The van der Waals surface area contributed by atoms with E-state index in [2.05, 4.69) is 40.0 Å². The SMILES string of the molecule is CCCC1(CNCc2cn[nH]c2-c2cccs2)CC1. The van der Waals surface area contributed by atoms with E-state index in [1.165, 1.54) is 41.8 Å². The van der Waals surface area contributed by atoms with Crippen LogP contribution < -0.4 is 5.32 Å². The molecule has 102 valence electrons. The lowest BCUT2D eigenvalue weighted by molar-refractivity contribution is 0.421. The van der Waals surface area contributed by atoms with Crippen molar-refractivity contribution in [3.8, 4) is 10.6 Å². The summed E-state index contributed by atoms with van der Waals surface area (Å²) >= 11 is 1.76. The Morgan fingerprint density at radius 3 is 3.05 bits per heavy atom. The van der Waals surface area contributed by atoms with E-state index in [4.69, 9.17) is 0 Å². The molecule has 2 heterocycles. The maximum atomic E-state index is 4.19. The molecular formula is C15H21N3S. The number of nitrogens with one attached hydrogen (secondary N) is 2. The van der Waals surface area contributed by atoms with E-state index in [-0.39, 0.29) is 0 Å². The van der Waals surface area contributed by atoms with Gasteiger partial charge in [-0.05, 0) is 36.1 Å². The standard InChI is InChI=1S/C15H21N3S/c1-2-5-15(6-7-15)11-16-9-12-10-17-18-14(12)13-4-3-8-19-13/h3-4,8,10,16H,2,5-7,9,11H2,1H3,(H,17,18). The van der Waals surface area contributed by atoms with E-state index < -0.39 is 0 Å². The Morgan fingerprint density at radius 2 is 2.37 bits per heavy atom. The summed E-state index contributed by atoms with van der Waals surface area (Å²) in [6, 6.07) is 4.22. The second kappa shape index (κ2) is 5.47. The minimum Gasteiger partial charge on any atom is -0.312 e. The Labute approximate surface area is 118 Å². The third kappa shape index (κ3) is 2.90. The molecule has 0 unspecified atom stereocenters. The number of thiophene rings is 1. The van der Waals surface area contributed by atoms with E-state index in [1.54, 1.807) is 11.3 Å². The smallest absolute Gasteiger partial charge is 0.0794 e. The molecule has 0 spiro atoms. The highest BCUT2D eigenvalue weighted by Gasteiger charge is 2.40. The first-order valence-corrected chi connectivity index (χ1v) is 7.98. The van der Waals surface area contributed by atoms with Crippen molar-refractivity contribution in [2.75, 3.05) is 6.54 Å². The molecule has 0 aromatic carbocycles. The molecular weight excluding hydrogens is 254 g/mol. The van der Waals surface area contributed by atoms with E-state index in [0.29, 0.717) is 5.41 Å². The lowest BCUT2D eigenvalue weighted by Gasteiger charge is -2.14. The van der Waals surface area contributed by atoms with Gasteiger partial charge in [0.1, 0.15) is 0 Å². The minimum absolute atomic E-state index is 0.613. The third-order valence-electron chi connectivity index (χ3n) is 4.04. The molecule has 0 atom stereocenters. The second-order valence-electron chi connectivity index (χ2n) is 5.60. The summed E-state index contributed by atoms with van der Waals surface area (Å²) in [5, 5.41) is 13.0. The van der Waals surface area contributed by atoms with Crippen molar-refractivity contribution < 1.29 is 0 Å². The van der Waals surface area contributed by atoms with Crippen LogP contribution in [0.3, 0.4) is 0 Å². The summed E-state index contributed by atoms with van der Waals surface area (Å²) in [7, 11) is 0. The summed E-state index contributed by atoms with van der Waals surface area (Å²) in [5.41, 5.74) is 3.05. The summed E-state index contributed by atoms with van der Waals surface area (Å²) in [5.74, 6) is 0. The fourth-order valence-electron chi connectivity index (χ4n) is 2.76. The molecule has 0 amide bonds. The third-order valence-corrected chi connectivity index (χ3v) is 4.93. The number of hydrogen-bond acceptors (Lipinski definition) is 3. The van der Waals surface area contributed by atoms with Crippen LogP contribution in [0, 0.1) is 5.41 Å². The molecule has 2 N–H and O–H groups in total. The van der Waals surface area contributed by atoms with E-state index in [0.717, 1.165) is 13.1 Å². The molecule has 1 saturated carbocycles. The molecule has 19 heavy (non-hydrogen) atoms. The van der Waals surface area contributed by atoms with Gasteiger partial charge in [-0.25, -0.2) is 0 Å². The first-order chi connectivity index (χ1) is 9.33. The van der Waals surface area contributed by atoms with Gasteiger partial charge in [-0.2, -0.15) is 5.10 Å². The molecule has 0 radical (unpaired) electrons. The fraction of sp³-hybridized carbons (Fsp3) is 0.533. The molecule has 1 aliphatic carbocycles. The molecule has 0 bridgehead atoms. The highest BCUT2D eigenvalue weighted by molar-refractivity contribution is 7.13. The molecule has 0 saturated heterocycles. The summed E-state index contributed by atoms with van der Waals surface area (Å²) in [6.45, 7) is 4.34. The van der Waals surface area contributed by atoms with Crippen molar-refractivity contribution in [3.05, 3.63) is 29.3 Å². The van der Waals surface area contributed by atoms with Gasteiger partial charge in [0, 0.05) is 18.7 Å². The first-order valence-electron chi connectivity index (χ1n) is 7.10. The number of aromatic nitrogens is 2. The van der Waals surface area contributed by atoms with Gasteiger partial charge < -0.3 is 5.32 Å². The van der Waals surface area contributed by atoms with Crippen LogP contribution in [0.15, 0.2) is 23.7 Å². The first kappa shape index (κ1) is 12.9. The van der Waals surface area contributed by atoms with Gasteiger partial charge in [0.05, 0.1) is 16.8 Å². The van der Waals surface area contributed by atoms with Gasteiger partial charge in [0.2, 0.25) is 0 Å². The molecule has 2 aromatic rings. The number of nitrogens with zero attached hydrogens (tertiary/aromatic N) is 1. The second-order valence-corrected chi connectivity index (χ2v) is 6.55. The monoisotopic (exact) mass is 275 g/mol. The van der Waals surface area contributed by atoms with Crippen LogP contribution in [-0.4, -0.2) is 16.7 Å². The minimum atomic E-state index is 0.613.